The van der Waals surface area contributed by atoms with Gasteiger partial charge in [-0.15, -0.1) is 0 Å². The highest BCUT2D eigenvalue weighted by Gasteiger charge is 2.41. The molecule has 0 amide bonds. The van der Waals surface area contributed by atoms with Crippen molar-refractivity contribution in [2.45, 2.75) is 39.5 Å². The van der Waals surface area contributed by atoms with E-state index in [0.717, 1.165) is 47.9 Å². The Labute approximate surface area is 169 Å². The summed E-state index contributed by atoms with van der Waals surface area (Å²) in [6.07, 6.45) is 3.25. The minimum atomic E-state index is -0.477. The topological polar surface area (TPSA) is 43.4 Å². The van der Waals surface area contributed by atoms with Gasteiger partial charge >= 0.3 is 11.9 Å². The van der Waals surface area contributed by atoms with E-state index in [1.54, 1.807) is 0 Å². The number of ether oxygens (including phenoxy) is 1. The first-order chi connectivity index (χ1) is 14.0. The van der Waals surface area contributed by atoms with Crippen LogP contribution in [0.1, 0.15) is 54.1 Å². The number of carbonyl (C=O) groups excluding carboxylic acids is 2. The molecule has 0 N–H and O–H groups in total. The first-order valence-corrected chi connectivity index (χ1v) is 10.2. The minimum absolute atomic E-state index is 0.477. The van der Waals surface area contributed by atoms with Gasteiger partial charge < -0.3 is 4.74 Å². The van der Waals surface area contributed by atoms with Crippen molar-refractivity contribution >= 4 is 11.9 Å². The molecule has 2 aliphatic carbocycles. The number of hydrogen-bond acceptors (Lipinski definition) is 3. The van der Waals surface area contributed by atoms with E-state index in [1.165, 1.54) is 33.4 Å². The molecule has 0 aromatic heterocycles. The molecule has 0 radical (unpaired) electrons. The van der Waals surface area contributed by atoms with Crippen LogP contribution in [0.15, 0.2) is 36.4 Å². The smallest absolute Gasteiger partial charge is 0.347 e. The second-order valence-corrected chi connectivity index (χ2v) is 8.46. The lowest BCUT2D eigenvalue weighted by molar-refractivity contribution is 0.0443. The Morgan fingerprint density at radius 1 is 0.621 bits per heavy atom. The van der Waals surface area contributed by atoms with Crippen LogP contribution < -0.4 is 0 Å². The Kier molecular flexibility index (Phi) is 3.27. The quantitative estimate of drug-likeness (QED) is 0.400. The second kappa shape index (κ2) is 5.66. The van der Waals surface area contributed by atoms with Gasteiger partial charge in [-0.3, -0.25) is 0 Å². The molecule has 3 heteroatoms. The lowest BCUT2D eigenvalue weighted by Gasteiger charge is -2.30. The summed E-state index contributed by atoms with van der Waals surface area (Å²) in [4.78, 5) is 25.3. The molecule has 6 rings (SSSR count). The average molecular weight is 380 g/mol. The van der Waals surface area contributed by atoms with Gasteiger partial charge in [0, 0.05) is 0 Å². The molecule has 3 aromatic carbocycles. The Morgan fingerprint density at radius 2 is 1.07 bits per heavy atom. The molecular weight excluding hydrogens is 360 g/mol. The van der Waals surface area contributed by atoms with Crippen molar-refractivity contribution in [3.05, 3.63) is 80.9 Å². The summed E-state index contributed by atoms with van der Waals surface area (Å²) in [5.41, 5.74) is 12.8. The number of aryl methyl sites for hydroxylation is 4. The Bertz CT molecular complexity index is 1180. The van der Waals surface area contributed by atoms with Gasteiger partial charge in [0.1, 0.15) is 0 Å². The zero-order valence-electron chi connectivity index (χ0n) is 16.5. The van der Waals surface area contributed by atoms with Crippen LogP contribution in [0, 0.1) is 13.8 Å². The molecule has 0 spiro atoms. The average Bonchev–Trinajstić information content (AvgIpc) is 3.01. The highest BCUT2D eigenvalue weighted by molar-refractivity contribution is 6.19. The van der Waals surface area contributed by atoms with E-state index in [4.69, 9.17) is 4.74 Å². The SMILES string of the molecule is Cc1ccc2c(c1)CCc1c3c(c4c(c1-2)-c1ccc(C)cc1CC4)C(=O)OC3=O. The predicted octanol–water partition coefficient (Wildman–Crippen LogP) is 5.15. The van der Waals surface area contributed by atoms with E-state index in [0.29, 0.717) is 11.1 Å². The summed E-state index contributed by atoms with van der Waals surface area (Å²) in [5, 5.41) is 0. The third-order valence-corrected chi connectivity index (χ3v) is 6.65. The maximum Gasteiger partial charge on any atom is 0.347 e. The van der Waals surface area contributed by atoms with Crippen molar-refractivity contribution in [3.8, 4) is 22.3 Å². The molecule has 142 valence electrons. The molecule has 29 heavy (non-hydrogen) atoms. The van der Waals surface area contributed by atoms with Gasteiger partial charge in [-0.2, -0.15) is 0 Å². The summed E-state index contributed by atoms with van der Waals surface area (Å²) in [7, 11) is 0. The molecule has 0 fully saturated rings. The van der Waals surface area contributed by atoms with Gasteiger partial charge in [0.2, 0.25) is 0 Å². The van der Waals surface area contributed by atoms with Crippen LogP contribution in [0.25, 0.3) is 22.3 Å². The van der Waals surface area contributed by atoms with Crippen LogP contribution in [0.4, 0.5) is 0 Å². The van der Waals surface area contributed by atoms with Crippen LogP contribution >= 0.6 is 0 Å². The van der Waals surface area contributed by atoms with Crippen molar-refractivity contribution < 1.29 is 14.3 Å². The van der Waals surface area contributed by atoms with Crippen LogP contribution in [-0.4, -0.2) is 11.9 Å². The van der Waals surface area contributed by atoms with Gasteiger partial charge in [-0.1, -0.05) is 47.5 Å². The number of carbonyl (C=O) groups is 2. The van der Waals surface area contributed by atoms with Crippen molar-refractivity contribution in [1.82, 2.24) is 0 Å². The van der Waals surface area contributed by atoms with Crippen LogP contribution in [-0.2, 0) is 30.4 Å². The lowest BCUT2D eigenvalue weighted by atomic mass is 9.72. The Morgan fingerprint density at radius 3 is 1.52 bits per heavy atom. The van der Waals surface area contributed by atoms with Gasteiger partial charge in [-0.25, -0.2) is 9.59 Å². The molecule has 0 bridgehead atoms. The number of rotatable bonds is 0. The first-order valence-electron chi connectivity index (χ1n) is 10.2. The summed E-state index contributed by atoms with van der Waals surface area (Å²) < 4.78 is 5.10. The standard InChI is InChI=1S/C26H20O3/c1-13-3-7-17-15(11-13)5-9-19-21(17)22-18-8-4-14(2)12-16(18)6-10-20(22)24-23(19)25(27)29-26(24)28/h3-4,7-8,11-12H,5-6,9-10H2,1-2H3. The van der Waals surface area contributed by atoms with Gasteiger partial charge in [-0.05, 0) is 84.0 Å². The summed E-state index contributed by atoms with van der Waals surface area (Å²) in [6, 6.07) is 13.1. The van der Waals surface area contributed by atoms with Crippen molar-refractivity contribution in [2.75, 3.05) is 0 Å². The maximum atomic E-state index is 12.6. The zero-order chi connectivity index (χ0) is 19.9. The lowest BCUT2D eigenvalue weighted by Crippen LogP contribution is -2.17. The monoisotopic (exact) mass is 380 g/mol. The molecule has 1 heterocycles. The molecular formula is C26H20O3. The van der Waals surface area contributed by atoms with E-state index in [-0.39, 0.29) is 0 Å². The summed E-state index contributed by atoms with van der Waals surface area (Å²) >= 11 is 0. The molecule has 0 unspecified atom stereocenters. The molecule has 0 atom stereocenters. The van der Waals surface area contributed by atoms with Crippen LogP contribution in [0.2, 0.25) is 0 Å². The summed E-state index contributed by atoms with van der Waals surface area (Å²) in [6.45, 7) is 4.23. The van der Waals surface area contributed by atoms with E-state index >= 15 is 0 Å². The highest BCUT2D eigenvalue weighted by Crippen LogP contribution is 2.50. The van der Waals surface area contributed by atoms with E-state index in [1.807, 2.05) is 0 Å². The van der Waals surface area contributed by atoms with Crippen LogP contribution in [0.3, 0.4) is 0 Å². The van der Waals surface area contributed by atoms with E-state index in [9.17, 15) is 9.59 Å². The van der Waals surface area contributed by atoms with Crippen molar-refractivity contribution in [1.29, 1.82) is 0 Å². The molecule has 3 aromatic rings. The molecule has 0 saturated carbocycles. The van der Waals surface area contributed by atoms with Crippen molar-refractivity contribution in [2.24, 2.45) is 0 Å². The number of fused-ring (bicyclic) bond motifs is 10. The fourth-order valence-electron chi connectivity index (χ4n) is 5.45. The zero-order valence-corrected chi connectivity index (χ0v) is 16.5. The van der Waals surface area contributed by atoms with Crippen molar-refractivity contribution in [3.63, 3.8) is 0 Å². The fraction of sp³-hybridized carbons (Fsp3) is 0.231. The van der Waals surface area contributed by atoms with Gasteiger partial charge in [0.05, 0.1) is 11.1 Å². The van der Waals surface area contributed by atoms with Crippen LogP contribution in [0.5, 0.6) is 0 Å². The van der Waals surface area contributed by atoms with E-state index in [2.05, 4.69) is 50.2 Å². The van der Waals surface area contributed by atoms with Gasteiger partial charge in [0.15, 0.2) is 0 Å². The third-order valence-electron chi connectivity index (χ3n) is 6.65. The second-order valence-electron chi connectivity index (χ2n) is 8.46. The molecule has 3 nitrogen and oxygen atoms in total. The molecule has 0 saturated heterocycles. The number of cyclic esters (lactones) is 2. The largest absolute Gasteiger partial charge is 0.386 e. The van der Waals surface area contributed by atoms with Gasteiger partial charge in [0.25, 0.3) is 0 Å². The minimum Gasteiger partial charge on any atom is -0.386 e. The molecule has 1 aliphatic heterocycles. The number of benzene rings is 3. The fourth-order valence-corrected chi connectivity index (χ4v) is 5.45. The first kappa shape index (κ1) is 16.7. The maximum absolute atomic E-state index is 12.6. The third kappa shape index (κ3) is 2.19. The predicted molar refractivity (Wildman–Crippen MR) is 111 cm³/mol. The summed E-state index contributed by atoms with van der Waals surface area (Å²) in [5.74, 6) is -0.955. The van der Waals surface area contributed by atoms with E-state index < -0.39 is 11.9 Å². The number of esters is 2. The Balaban J connectivity index is 1.79. The Hall–Kier alpha value is -3.20. The molecule has 3 aliphatic rings. The normalized spacial score (nSPS) is 15.8. The highest BCUT2D eigenvalue weighted by atomic mass is 16.6. The number of hydrogen-bond donors (Lipinski definition) is 0.